The van der Waals surface area contributed by atoms with Gasteiger partial charge in [0.2, 0.25) is 0 Å². The van der Waals surface area contributed by atoms with Crippen molar-refractivity contribution in [2.75, 3.05) is 19.0 Å². The molecule has 110 valence electrons. The zero-order valence-electron chi connectivity index (χ0n) is 11.5. The molecule has 0 aromatic heterocycles. The summed E-state index contributed by atoms with van der Waals surface area (Å²) in [6.07, 6.45) is 0.676. The van der Waals surface area contributed by atoms with Crippen LogP contribution in [0.25, 0.3) is 0 Å². The molecule has 0 spiro atoms. The zero-order valence-corrected chi connectivity index (χ0v) is 13.1. The van der Waals surface area contributed by atoms with Gasteiger partial charge in [0.1, 0.15) is 5.82 Å². The Labute approximate surface area is 131 Å². The van der Waals surface area contributed by atoms with E-state index in [0.29, 0.717) is 23.2 Å². The molecule has 0 heterocycles. The Morgan fingerprint density at radius 2 is 2.05 bits per heavy atom. The summed E-state index contributed by atoms with van der Waals surface area (Å²) in [6.45, 7) is 0.555. The minimum Gasteiger partial charge on any atom is -0.384 e. The number of benzene rings is 2. The predicted molar refractivity (Wildman–Crippen MR) is 84.1 cm³/mol. The molecule has 1 N–H and O–H groups in total. The van der Waals surface area contributed by atoms with E-state index in [-0.39, 0.29) is 5.56 Å². The molecular formula is C16H15BrFNO2. The highest BCUT2D eigenvalue weighted by Crippen LogP contribution is 2.19. The van der Waals surface area contributed by atoms with Crippen molar-refractivity contribution in [2.45, 2.75) is 6.42 Å². The average molecular weight is 352 g/mol. The summed E-state index contributed by atoms with van der Waals surface area (Å²) in [5.74, 6) is -1.03. The summed E-state index contributed by atoms with van der Waals surface area (Å²) in [6, 6.07) is 11.8. The van der Waals surface area contributed by atoms with Gasteiger partial charge < -0.3 is 10.1 Å². The first-order valence-electron chi connectivity index (χ1n) is 6.45. The second-order valence-corrected chi connectivity index (χ2v) is 5.39. The van der Waals surface area contributed by atoms with Gasteiger partial charge in [0, 0.05) is 17.3 Å². The number of amides is 1. The van der Waals surface area contributed by atoms with Crippen LogP contribution in [0.5, 0.6) is 0 Å². The molecule has 0 saturated carbocycles. The van der Waals surface area contributed by atoms with E-state index in [0.717, 1.165) is 5.56 Å². The lowest BCUT2D eigenvalue weighted by atomic mass is 10.1. The van der Waals surface area contributed by atoms with E-state index in [9.17, 15) is 9.18 Å². The molecule has 0 bridgehead atoms. The van der Waals surface area contributed by atoms with Crippen molar-refractivity contribution in [1.82, 2.24) is 0 Å². The SMILES string of the molecule is COCCc1ccccc1NC(=O)c1ccc(Br)cc1F. The van der Waals surface area contributed by atoms with Crippen LogP contribution in [0.4, 0.5) is 10.1 Å². The first-order valence-corrected chi connectivity index (χ1v) is 7.24. The smallest absolute Gasteiger partial charge is 0.258 e. The Morgan fingerprint density at radius 1 is 1.29 bits per heavy atom. The Kier molecular flexibility index (Phi) is 5.47. The predicted octanol–water partition coefficient (Wildman–Crippen LogP) is 4.03. The fourth-order valence-electron chi connectivity index (χ4n) is 1.94. The molecule has 0 fully saturated rings. The van der Waals surface area contributed by atoms with Crippen LogP contribution < -0.4 is 5.32 Å². The van der Waals surface area contributed by atoms with Gasteiger partial charge >= 0.3 is 0 Å². The number of carbonyl (C=O) groups excluding carboxylic acids is 1. The van der Waals surface area contributed by atoms with Gasteiger partial charge in [-0.25, -0.2) is 4.39 Å². The van der Waals surface area contributed by atoms with E-state index in [1.807, 2.05) is 18.2 Å². The van der Waals surface area contributed by atoms with E-state index >= 15 is 0 Å². The number of hydrogen-bond donors (Lipinski definition) is 1. The topological polar surface area (TPSA) is 38.3 Å². The minimum absolute atomic E-state index is 0.0137. The minimum atomic E-state index is -0.559. The first kappa shape index (κ1) is 15.7. The van der Waals surface area contributed by atoms with E-state index in [1.165, 1.54) is 12.1 Å². The van der Waals surface area contributed by atoms with Crippen LogP contribution in [0.2, 0.25) is 0 Å². The van der Waals surface area contributed by atoms with Crippen LogP contribution in [0, 0.1) is 5.82 Å². The number of methoxy groups -OCH3 is 1. The number of hydrogen-bond acceptors (Lipinski definition) is 2. The van der Waals surface area contributed by atoms with Crippen LogP contribution in [-0.2, 0) is 11.2 Å². The van der Waals surface area contributed by atoms with Crippen LogP contribution in [0.15, 0.2) is 46.9 Å². The van der Waals surface area contributed by atoms with Gasteiger partial charge in [-0.05, 0) is 36.2 Å². The highest BCUT2D eigenvalue weighted by Gasteiger charge is 2.13. The molecule has 5 heteroatoms. The van der Waals surface area contributed by atoms with Crippen molar-refractivity contribution in [2.24, 2.45) is 0 Å². The number of ether oxygens (including phenoxy) is 1. The zero-order chi connectivity index (χ0) is 15.2. The van der Waals surface area contributed by atoms with Gasteiger partial charge in [-0.15, -0.1) is 0 Å². The molecule has 2 aromatic carbocycles. The maximum absolute atomic E-state index is 13.8. The number of nitrogens with one attached hydrogen (secondary N) is 1. The summed E-state index contributed by atoms with van der Waals surface area (Å²) in [7, 11) is 1.62. The van der Waals surface area contributed by atoms with Crippen molar-refractivity contribution >= 4 is 27.5 Å². The van der Waals surface area contributed by atoms with Crippen LogP contribution in [0.3, 0.4) is 0 Å². The standard InChI is InChI=1S/C16H15BrFNO2/c1-21-9-8-11-4-2-3-5-15(11)19-16(20)13-7-6-12(17)10-14(13)18/h2-7,10H,8-9H2,1H3,(H,19,20). The van der Waals surface area contributed by atoms with E-state index in [2.05, 4.69) is 21.2 Å². The van der Waals surface area contributed by atoms with Crippen molar-refractivity contribution in [3.63, 3.8) is 0 Å². The highest BCUT2D eigenvalue weighted by atomic mass is 79.9. The largest absolute Gasteiger partial charge is 0.384 e. The number of carbonyl (C=O) groups is 1. The molecule has 0 aliphatic heterocycles. The average Bonchev–Trinajstić information content (AvgIpc) is 2.46. The number of anilines is 1. The van der Waals surface area contributed by atoms with E-state index in [4.69, 9.17) is 4.74 Å². The molecule has 0 aliphatic carbocycles. The van der Waals surface area contributed by atoms with Crippen LogP contribution in [-0.4, -0.2) is 19.6 Å². The number of para-hydroxylation sites is 1. The van der Waals surface area contributed by atoms with Gasteiger partial charge in [0.15, 0.2) is 0 Å². The van der Waals surface area contributed by atoms with Crippen LogP contribution in [0.1, 0.15) is 15.9 Å². The molecule has 21 heavy (non-hydrogen) atoms. The number of rotatable bonds is 5. The summed E-state index contributed by atoms with van der Waals surface area (Å²) >= 11 is 3.17. The van der Waals surface area contributed by atoms with Gasteiger partial charge in [-0.1, -0.05) is 34.1 Å². The lowest BCUT2D eigenvalue weighted by Gasteiger charge is -2.11. The lowest BCUT2D eigenvalue weighted by molar-refractivity contribution is 0.102. The summed E-state index contributed by atoms with van der Waals surface area (Å²) < 4.78 is 19.4. The van der Waals surface area contributed by atoms with Gasteiger partial charge in [0.05, 0.1) is 12.2 Å². The maximum Gasteiger partial charge on any atom is 0.258 e. The molecule has 0 saturated heterocycles. The second-order valence-electron chi connectivity index (χ2n) is 4.48. The summed E-state index contributed by atoms with van der Waals surface area (Å²) in [4.78, 5) is 12.2. The number of halogens is 2. The molecule has 0 radical (unpaired) electrons. The Hall–Kier alpha value is -1.72. The Bertz CT molecular complexity index is 646. The molecular weight excluding hydrogens is 337 g/mol. The molecule has 3 nitrogen and oxygen atoms in total. The van der Waals surface area contributed by atoms with E-state index < -0.39 is 11.7 Å². The van der Waals surface area contributed by atoms with E-state index in [1.54, 1.807) is 19.2 Å². The van der Waals surface area contributed by atoms with Crippen LogP contribution >= 0.6 is 15.9 Å². The fourth-order valence-corrected chi connectivity index (χ4v) is 2.27. The monoisotopic (exact) mass is 351 g/mol. The Balaban J connectivity index is 2.19. The van der Waals surface area contributed by atoms with Gasteiger partial charge in [-0.2, -0.15) is 0 Å². The molecule has 2 aromatic rings. The summed E-state index contributed by atoms with van der Waals surface area (Å²) in [5, 5.41) is 2.75. The third-order valence-electron chi connectivity index (χ3n) is 3.02. The fraction of sp³-hybridized carbons (Fsp3) is 0.188. The Morgan fingerprint density at radius 3 is 2.76 bits per heavy atom. The van der Waals surface area contributed by atoms with Crippen molar-refractivity contribution in [3.05, 3.63) is 63.9 Å². The molecule has 1 amide bonds. The molecule has 0 aliphatic rings. The van der Waals surface area contributed by atoms with Crippen molar-refractivity contribution < 1.29 is 13.9 Å². The normalized spacial score (nSPS) is 10.4. The van der Waals surface area contributed by atoms with Crippen molar-refractivity contribution in [1.29, 1.82) is 0 Å². The quantitative estimate of drug-likeness (QED) is 0.882. The third-order valence-corrected chi connectivity index (χ3v) is 3.51. The highest BCUT2D eigenvalue weighted by molar-refractivity contribution is 9.10. The molecule has 0 atom stereocenters. The van der Waals surface area contributed by atoms with Gasteiger partial charge in [-0.3, -0.25) is 4.79 Å². The van der Waals surface area contributed by atoms with Gasteiger partial charge in [0.25, 0.3) is 5.91 Å². The first-order chi connectivity index (χ1) is 10.1. The lowest BCUT2D eigenvalue weighted by Crippen LogP contribution is -2.15. The second kappa shape index (κ2) is 7.33. The third kappa shape index (κ3) is 4.12. The molecule has 2 rings (SSSR count). The molecule has 0 unspecified atom stereocenters. The maximum atomic E-state index is 13.8. The van der Waals surface area contributed by atoms with Crippen molar-refractivity contribution in [3.8, 4) is 0 Å². The summed E-state index contributed by atoms with van der Waals surface area (Å²) in [5.41, 5.74) is 1.63.